The average Bonchev–Trinajstić information content (AvgIpc) is 2.42. The molecular weight excluding hydrogens is 232 g/mol. The molecule has 0 heterocycles. The Kier molecular flexibility index (Phi) is 7.57. The Labute approximate surface area is 119 Å². The summed E-state index contributed by atoms with van der Waals surface area (Å²) in [6.45, 7) is 11.4. The predicted octanol–water partition coefficient (Wildman–Crippen LogP) is 4.39. The van der Waals surface area contributed by atoms with Crippen molar-refractivity contribution in [3.8, 4) is 0 Å². The predicted molar refractivity (Wildman–Crippen MR) is 85.8 cm³/mol. The molecule has 0 saturated carbocycles. The van der Waals surface area contributed by atoms with E-state index in [9.17, 15) is 0 Å². The van der Waals surface area contributed by atoms with Crippen molar-refractivity contribution < 1.29 is 0 Å². The lowest BCUT2D eigenvalue weighted by Crippen LogP contribution is -2.43. The van der Waals surface area contributed by atoms with Crippen LogP contribution in [-0.2, 0) is 0 Å². The van der Waals surface area contributed by atoms with E-state index in [1.165, 1.54) is 31.5 Å². The average molecular weight is 262 g/mol. The Morgan fingerprint density at radius 3 is 2.32 bits per heavy atom. The molecule has 0 aliphatic rings. The molecule has 0 aliphatic carbocycles. The second kappa shape index (κ2) is 8.98. The summed E-state index contributed by atoms with van der Waals surface area (Å²) < 4.78 is 0. The van der Waals surface area contributed by atoms with Gasteiger partial charge in [0.15, 0.2) is 0 Å². The van der Waals surface area contributed by atoms with Crippen LogP contribution in [0.1, 0.15) is 47.0 Å². The molecule has 0 fully saturated rings. The van der Waals surface area contributed by atoms with Gasteiger partial charge >= 0.3 is 0 Å². The first-order valence-electron chi connectivity index (χ1n) is 7.69. The van der Waals surface area contributed by atoms with Crippen LogP contribution >= 0.6 is 0 Å². The Morgan fingerprint density at radius 2 is 1.74 bits per heavy atom. The van der Waals surface area contributed by atoms with Gasteiger partial charge in [0.1, 0.15) is 0 Å². The fraction of sp³-hybridized carbons (Fsp3) is 0.647. The molecular formula is C17H30N2. The van der Waals surface area contributed by atoms with Crippen LogP contribution in [0.15, 0.2) is 30.3 Å². The standard InChI is InChI=1S/C17H30N2/c1-5-6-10-13-19(15(2)3)16(4)14-18-17-11-8-7-9-12-17/h7-9,11-12,15-16,18H,5-6,10,13-14H2,1-4H3. The highest BCUT2D eigenvalue weighted by molar-refractivity contribution is 5.42. The van der Waals surface area contributed by atoms with Gasteiger partial charge in [-0.15, -0.1) is 0 Å². The van der Waals surface area contributed by atoms with Crippen LogP contribution in [0.2, 0.25) is 0 Å². The molecule has 0 saturated heterocycles. The second-order valence-corrected chi connectivity index (χ2v) is 5.63. The molecule has 0 aromatic heterocycles. The first kappa shape index (κ1) is 16.0. The van der Waals surface area contributed by atoms with E-state index in [0.29, 0.717) is 12.1 Å². The highest BCUT2D eigenvalue weighted by Gasteiger charge is 2.16. The topological polar surface area (TPSA) is 15.3 Å². The minimum atomic E-state index is 0.567. The first-order chi connectivity index (χ1) is 9.15. The minimum absolute atomic E-state index is 0.567. The number of hydrogen-bond acceptors (Lipinski definition) is 2. The van der Waals surface area contributed by atoms with E-state index in [4.69, 9.17) is 0 Å². The summed E-state index contributed by atoms with van der Waals surface area (Å²) >= 11 is 0. The van der Waals surface area contributed by atoms with Crippen molar-refractivity contribution in [3.05, 3.63) is 30.3 Å². The molecule has 108 valence electrons. The molecule has 2 heteroatoms. The minimum Gasteiger partial charge on any atom is -0.383 e. The lowest BCUT2D eigenvalue weighted by atomic mass is 10.1. The van der Waals surface area contributed by atoms with E-state index >= 15 is 0 Å². The van der Waals surface area contributed by atoms with Gasteiger partial charge in [-0.05, 0) is 45.9 Å². The molecule has 1 unspecified atom stereocenters. The summed E-state index contributed by atoms with van der Waals surface area (Å²) in [6, 6.07) is 11.6. The number of nitrogens with one attached hydrogen (secondary N) is 1. The van der Waals surface area contributed by atoms with Crippen molar-refractivity contribution in [1.82, 2.24) is 4.90 Å². The van der Waals surface area contributed by atoms with Crippen LogP contribution in [0.25, 0.3) is 0 Å². The van der Waals surface area contributed by atoms with Crippen LogP contribution in [0.5, 0.6) is 0 Å². The zero-order chi connectivity index (χ0) is 14.1. The third kappa shape index (κ3) is 6.11. The summed E-state index contributed by atoms with van der Waals surface area (Å²) in [7, 11) is 0. The van der Waals surface area contributed by atoms with Gasteiger partial charge in [-0.1, -0.05) is 38.0 Å². The molecule has 1 aromatic rings. The lowest BCUT2D eigenvalue weighted by molar-refractivity contribution is 0.167. The third-order valence-corrected chi connectivity index (χ3v) is 3.62. The van der Waals surface area contributed by atoms with Gasteiger partial charge in [0.2, 0.25) is 0 Å². The van der Waals surface area contributed by atoms with Crippen molar-refractivity contribution in [2.24, 2.45) is 0 Å². The van der Waals surface area contributed by atoms with Crippen molar-refractivity contribution in [2.45, 2.75) is 59.0 Å². The molecule has 0 spiro atoms. The number of nitrogens with zero attached hydrogens (tertiary/aromatic N) is 1. The normalized spacial score (nSPS) is 12.9. The van der Waals surface area contributed by atoms with Crippen molar-refractivity contribution in [3.63, 3.8) is 0 Å². The SMILES string of the molecule is CCCCCN(C(C)C)C(C)CNc1ccccc1. The number of unbranched alkanes of at least 4 members (excludes halogenated alkanes) is 2. The zero-order valence-electron chi connectivity index (χ0n) is 13.0. The Morgan fingerprint density at radius 1 is 1.05 bits per heavy atom. The van der Waals surface area contributed by atoms with E-state index in [0.717, 1.165) is 6.54 Å². The summed E-state index contributed by atoms with van der Waals surface area (Å²) in [4.78, 5) is 2.60. The van der Waals surface area contributed by atoms with Gasteiger partial charge in [0.05, 0.1) is 0 Å². The van der Waals surface area contributed by atoms with Gasteiger partial charge in [-0.25, -0.2) is 0 Å². The Balaban J connectivity index is 2.41. The highest BCUT2D eigenvalue weighted by Crippen LogP contribution is 2.11. The van der Waals surface area contributed by atoms with Gasteiger partial charge < -0.3 is 5.32 Å². The fourth-order valence-electron chi connectivity index (χ4n) is 2.47. The van der Waals surface area contributed by atoms with E-state index < -0.39 is 0 Å². The number of benzene rings is 1. The maximum atomic E-state index is 3.53. The number of hydrogen-bond donors (Lipinski definition) is 1. The summed E-state index contributed by atoms with van der Waals surface area (Å²) in [5.41, 5.74) is 1.21. The molecule has 0 bridgehead atoms. The molecule has 0 aliphatic heterocycles. The van der Waals surface area contributed by atoms with E-state index in [1.807, 2.05) is 0 Å². The Hall–Kier alpha value is -1.02. The van der Waals surface area contributed by atoms with Gasteiger partial charge in [0, 0.05) is 24.3 Å². The fourth-order valence-corrected chi connectivity index (χ4v) is 2.47. The van der Waals surface area contributed by atoms with Crippen LogP contribution < -0.4 is 5.32 Å². The van der Waals surface area contributed by atoms with E-state index in [2.05, 4.69) is 68.2 Å². The van der Waals surface area contributed by atoms with Crippen molar-refractivity contribution in [2.75, 3.05) is 18.4 Å². The van der Waals surface area contributed by atoms with E-state index in [1.54, 1.807) is 0 Å². The van der Waals surface area contributed by atoms with Crippen LogP contribution in [0.3, 0.4) is 0 Å². The summed E-state index contributed by atoms with van der Waals surface area (Å²) in [5, 5.41) is 3.53. The van der Waals surface area contributed by atoms with Gasteiger partial charge in [-0.2, -0.15) is 0 Å². The largest absolute Gasteiger partial charge is 0.383 e. The Bertz CT molecular complexity index is 321. The van der Waals surface area contributed by atoms with Crippen molar-refractivity contribution >= 4 is 5.69 Å². The van der Waals surface area contributed by atoms with Crippen molar-refractivity contribution in [1.29, 1.82) is 0 Å². The molecule has 1 N–H and O–H groups in total. The first-order valence-corrected chi connectivity index (χ1v) is 7.69. The highest BCUT2D eigenvalue weighted by atomic mass is 15.2. The molecule has 1 rings (SSSR count). The van der Waals surface area contributed by atoms with Gasteiger partial charge in [-0.3, -0.25) is 4.90 Å². The van der Waals surface area contributed by atoms with Crippen LogP contribution in [0.4, 0.5) is 5.69 Å². The third-order valence-electron chi connectivity index (χ3n) is 3.62. The quantitative estimate of drug-likeness (QED) is 0.664. The smallest absolute Gasteiger partial charge is 0.0340 e. The molecule has 0 radical (unpaired) electrons. The number of para-hydroxylation sites is 1. The maximum absolute atomic E-state index is 3.53. The lowest BCUT2D eigenvalue weighted by Gasteiger charge is -2.33. The van der Waals surface area contributed by atoms with E-state index in [-0.39, 0.29) is 0 Å². The van der Waals surface area contributed by atoms with Crippen LogP contribution in [0, 0.1) is 0 Å². The molecule has 0 amide bonds. The molecule has 2 nitrogen and oxygen atoms in total. The maximum Gasteiger partial charge on any atom is 0.0340 e. The summed E-state index contributed by atoms with van der Waals surface area (Å²) in [6.07, 6.45) is 3.94. The number of rotatable bonds is 9. The molecule has 19 heavy (non-hydrogen) atoms. The zero-order valence-corrected chi connectivity index (χ0v) is 13.0. The molecule has 1 aromatic carbocycles. The monoisotopic (exact) mass is 262 g/mol. The molecule has 1 atom stereocenters. The van der Waals surface area contributed by atoms with Gasteiger partial charge in [0.25, 0.3) is 0 Å². The van der Waals surface area contributed by atoms with Crippen LogP contribution in [-0.4, -0.2) is 30.1 Å². The number of anilines is 1. The second-order valence-electron chi connectivity index (χ2n) is 5.63. The summed E-state index contributed by atoms with van der Waals surface area (Å²) in [5.74, 6) is 0.